The highest BCUT2D eigenvalue weighted by molar-refractivity contribution is 5.90. The molecule has 0 aliphatic carbocycles. The van der Waals surface area contributed by atoms with Crippen molar-refractivity contribution in [2.45, 2.75) is 40.2 Å². The summed E-state index contributed by atoms with van der Waals surface area (Å²) in [4.78, 5) is 23.5. The predicted octanol–water partition coefficient (Wildman–Crippen LogP) is 1.82. The average Bonchev–Trinajstić information content (AvgIpc) is 2.39. The number of carbonyl (C=O) groups excluding carboxylic acids is 1. The zero-order valence-electron chi connectivity index (χ0n) is 12.6. The second kappa shape index (κ2) is 7.85. The minimum atomic E-state index is -0.0647. The number of hydrogen-bond donors (Lipinski definition) is 2. The number of hydrogen-bond acceptors (Lipinski definition) is 3. The first-order valence-electron chi connectivity index (χ1n) is 7.16. The number of pyridine rings is 1. The lowest BCUT2D eigenvalue weighted by Gasteiger charge is -2.16. The summed E-state index contributed by atoms with van der Waals surface area (Å²) in [7, 11) is 0. The van der Waals surface area contributed by atoms with Gasteiger partial charge in [-0.1, -0.05) is 13.8 Å². The standard InChI is InChI=1S/C15H25N3O2/c1-4-18-10-13(5-6-15(18)20)17-14(19)8-12(9-16)7-11(2)3/h5-6,10-12H,4,7-9,16H2,1-3H3,(H,17,19). The zero-order valence-corrected chi connectivity index (χ0v) is 12.6. The van der Waals surface area contributed by atoms with Crippen LogP contribution in [-0.4, -0.2) is 17.0 Å². The maximum Gasteiger partial charge on any atom is 0.250 e. The first kappa shape index (κ1) is 16.4. The second-order valence-electron chi connectivity index (χ2n) is 5.53. The fraction of sp³-hybridized carbons (Fsp3) is 0.600. The number of nitrogens with two attached hydrogens (primary N) is 1. The Kier molecular flexibility index (Phi) is 6.45. The van der Waals surface area contributed by atoms with Crippen molar-refractivity contribution in [3.05, 3.63) is 28.7 Å². The third-order valence-electron chi connectivity index (χ3n) is 3.22. The van der Waals surface area contributed by atoms with Crippen molar-refractivity contribution in [3.63, 3.8) is 0 Å². The number of aryl methyl sites for hydroxylation is 1. The Balaban J connectivity index is 2.63. The predicted molar refractivity (Wildman–Crippen MR) is 81.6 cm³/mol. The second-order valence-corrected chi connectivity index (χ2v) is 5.53. The van der Waals surface area contributed by atoms with E-state index in [-0.39, 0.29) is 17.4 Å². The summed E-state index contributed by atoms with van der Waals surface area (Å²) >= 11 is 0. The quantitative estimate of drug-likeness (QED) is 0.799. The monoisotopic (exact) mass is 279 g/mol. The van der Waals surface area contributed by atoms with Gasteiger partial charge in [0.05, 0.1) is 5.69 Å². The van der Waals surface area contributed by atoms with Crippen LogP contribution < -0.4 is 16.6 Å². The molecule has 112 valence electrons. The molecule has 1 aromatic heterocycles. The number of nitrogens with one attached hydrogen (secondary N) is 1. The normalized spacial score (nSPS) is 12.4. The lowest BCUT2D eigenvalue weighted by atomic mass is 9.94. The third kappa shape index (κ3) is 5.17. The van der Waals surface area contributed by atoms with E-state index in [1.165, 1.54) is 6.07 Å². The molecule has 0 saturated carbocycles. The molecule has 1 atom stereocenters. The van der Waals surface area contributed by atoms with Crippen LogP contribution in [0.1, 0.15) is 33.6 Å². The summed E-state index contributed by atoms with van der Waals surface area (Å²) in [6.45, 7) is 7.23. The van der Waals surface area contributed by atoms with E-state index in [1.54, 1.807) is 16.8 Å². The summed E-state index contributed by atoms with van der Waals surface area (Å²) < 4.78 is 1.56. The summed E-state index contributed by atoms with van der Waals surface area (Å²) in [6.07, 6.45) is 3.03. The lowest BCUT2D eigenvalue weighted by molar-refractivity contribution is -0.117. The highest BCUT2D eigenvalue weighted by Gasteiger charge is 2.14. The number of anilines is 1. The Labute approximate surface area is 120 Å². The smallest absolute Gasteiger partial charge is 0.250 e. The van der Waals surface area contributed by atoms with Gasteiger partial charge in [0.25, 0.3) is 5.56 Å². The van der Waals surface area contributed by atoms with E-state index in [0.29, 0.717) is 31.1 Å². The van der Waals surface area contributed by atoms with Crippen LogP contribution in [0.4, 0.5) is 5.69 Å². The van der Waals surface area contributed by atoms with E-state index in [0.717, 1.165) is 6.42 Å². The number of carbonyl (C=O) groups is 1. The van der Waals surface area contributed by atoms with Gasteiger partial charge in [-0.25, -0.2) is 0 Å². The van der Waals surface area contributed by atoms with Crippen molar-refractivity contribution >= 4 is 11.6 Å². The van der Waals surface area contributed by atoms with Gasteiger partial charge in [-0.2, -0.15) is 0 Å². The van der Waals surface area contributed by atoms with Crippen molar-refractivity contribution in [1.82, 2.24) is 4.57 Å². The molecule has 0 aliphatic rings. The molecule has 0 bridgehead atoms. The molecule has 0 aliphatic heterocycles. The maximum atomic E-state index is 12.0. The molecule has 0 fully saturated rings. The summed E-state index contributed by atoms with van der Waals surface area (Å²) in [6, 6.07) is 3.10. The fourth-order valence-corrected chi connectivity index (χ4v) is 2.26. The van der Waals surface area contributed by atoms with Gasteiger partial charge in [0, 0.05) is 25.2 Å². The Morgan fingerprint density at radius 3 is 2.65 bits per heavy atom. The van der Waals surface area contributed by atoms with Crippen molar-refractivity contribution in [3.8, 4) is 0 Å². The molecule has 0 saturated heterocycles. The van der Waals surface area contributed by atoms with Crippen LogP contribution in [-0.2, 0) is 11.3 Å². The van der Waals surface area contributed by atoms with Crippen LogP contribution in [0.2, 0.25) is 0 Å². The first-order valence-corrected chi connectivity index (χ1v) is 7.16. The van der Waals surface area contributed by atoms with Gasteiger partial charge in [-0.15, -0.1) is 0 Å². The van der Waals surface area contributed by atoms with E-state index in [2.05, 4.69) is 19.2 Å². The van der Waals surface area contributed by atoms with Crippen LogP contribution in [0.25, 0.3) is 0 Å². The Morgan fingerprint density at radius 2 is 2.10 bits per heavy atom. The van der Waals surface area contributed by atoms with Gasteiger partial charge in [-0.3, -0.25) is 9.59 Å². The SMILES string of the molecule is CCn1cc(NC(=O)CC(CN)CC(C)C)ccc1=O. The minimum absolute atomic E-state index is 0.0533. The maximum absolute atomic E-state index is 12.0. The first-order chi connectivity index (χ1) is 9.46. The molecular formula is C15H25N3O2. The molecule has 1 amide bonds. The molecule has 0 spiro atoms. The summed E-state index contributed by atoms with van der Waals surface area (Å²) in [5.74, 6) is 0.674. The van der Waals surface area contributed by atoms with Gasteiger partial charge in [0.2, 0.25) is 5.91 Å². The van der Waals surface area contributed by atoms with Crippen molar-refractivity contribution in [1.29, 1.82) is 0 Å². The Bertz CT molecular complexity index is 494. The van der Waals surface area contributed by atoms with Crippen LogP contribution in [0, 0.1) is 11.8 Å². The number of rotatable bonds is 7. The summed E-state index contributed by atoms with van der Waals surface area (Å²) in [5.41, 5.74) is 6.29. The highest BCUT2D eigenvalue weighted by atomic mass is 16.1. The lowest BCUT2D eigenvalue weighted by Crippen LogP contribution is -2.24. The molecule has 1 unspecified atom stereocenters. The van der Waals surface area contributed by atoms with Gasteiger partial charge in [0.1, 0.15) is 0 Å². The van der Waals surface area contributed by atoms with Crippen LogP contribution >= 0.6 is 0 Å². The molecule has 1 aromatic rings. The Hall–Kier alpha value is -1.62. The highest BCUT2D eigenvalue weighted by Crippen LogP contribution is 2.15. The van der Waals surface area contributed by atoms with Gasteiger partial charge in [0.15, 0.2) is 0 Å². The van der Waals surface area contributed by atoms with E-state index in [4.69, 9.17) is 5.73 Å². The van der Waals surface area contributed by atoms with E-state index in [9.17, 15) is 9.59 Å². The molecule has 1 heterocycles. The Morgan fingerprint density at radius 1 is 1.40 bits per heavy atom. The van der Waals surface area contributed by atoms with E-state index >= 15 is 0 Å². The van der Waals surface area contributed by atoms with E-state index < -0.39 is 0 Å². The molecule has 3 N–H and O–H groups in total. The fourth-order valence-electron chi connectivity index (χ4n) is 2.26. The van der Waals surface area contributed by atoms with Crippen LogP contribution in [0.3, 0.4) is 0 Å². The van der Waals surface area contributed by atoms with Gasteiger partial charge < -0.3 is 15.6 Å². The van der Waals surface area contributed by atoms with Gasteiger partial charge in [-0.05, 0) is 37.8 Å². The number of nitrogens with zero attached hydrogens (tertiary/aromatic N) is 1. The molecule has 0 aromatic carbocycles. The average molecular weight is 279 g/mol. The molecule has 1 rings (SSSR count). The molecule has 20 heavy (non-hydrogen) atoms. The topological polar surface area (TPSA) is 77.1 Å². The van der Waals surface area contributed by atoms with Gasteiger partial charge >= 0.3 is 0 Å². The largest absolute Gasteiger partial charge is 0.330 e. The third-order valence-corrected chi connectivity index (χ3v) is 3.22. The van der Waals surface area contributed by atoms with Crippen molar-refractivity contribution in [2.75, 3.05) is 11.9 Å². The number of amides is 1. The zero-order chi connectivity index (χ0) is 15.1. The molecule has 5 nitrogen and oxygen atoms in total. The number of aromatic nitrogens is 1. The van der Waals surface area contributed by atoms with E-state index in [1.807, 2.05) is 6.92 Å². The van der Waals surface area contributed by atoms with Crippen LogP contribution in [0.5, 0.6) is 0 Å². The minimum Gasteiger partial charge on any atom is -0.330 e. The summed E-state index contributed by atoms with van der Waals surface area (Å²) in [5, 5.41) is 2.83. The molecular weight excluding hydrogens is 254 g/mol. The molecule has 5 heteroatoms. The van der Waals surface area contributed by atoms with Crippen molar-refractivity contribution < 1.29 is 4.79 Å². The van der Waals surface area contributed by atoms with Crippen molar-refractivity contribution in [2.24, 2.45) is 17.6 Å². The molecule has 0 radical (unpaired) electrons. The van der Waals surface area contributed by atoms with Crippen LogP contribution in [0.15, 0.2) is 23.1 Å².